The Balaban J connectivity index is 1.82. The molecule has 0 unspecified atom stereocenters. The zero-order valence-electron chi connectivity index (χ0n) is 14.7. The van der Waals surface area contributed by atoms with E-state index in [0.29, 0.717) is 11.5 Å². The van der Waals surface area contributed by atoms with Crippen LogP contribution >= 0.6 is 0 Å². The van der Waals surface area contributed by atoms with E-state index < -0.39 is 15.8 Å². The van der Waals surface area contributed by atoms with E-state index in [2.05, 4.69) is 12.2 Å². The molecule has 0 spiro atoms. The van der Waals surface area contributed by atoms with Crippen LogP contribution in [-0.2, 0) is 25.1 Å². The molecule has 138 valence electrons. The lowest BCUT2D eigenvalue weighted by molar-refractivity contribution is -0.125. The summed E-state index contributed by atoms with van der Waals surface area (Å²) in [5.41, 5.74) is 0.888. The molecule has 1 fully saturated rings. The first-order chi connectivity index (χ1) is 11.7. The highest BCUT2D eigenvalue weighted by Crippen LogP contribution is 2.23. The molecule has 0 aliphatic heterocycles. The maximum atomic E-state index is 12.0. The summed E-state index contributed by atoms with van der Waals surface area (Å²) in [6, 6.07) is 6.30. The van der Waals surface area contributed by atoms with Crippen LogP contribution in [0.25, 0.3) is 0 Å². The second kappa shape index (κ2) is 8.47. The molecule has 0 bridgehead atoms. The van der Waals surface area contributed by atoms with Gasteiger partial charge in [0.15, 0.2) is 16.4 Å². The maximum Gasteiger partial charge on any atom is 0.338 e. The summed E-state index contributed by atoms with van der Waals surface area (Å²) in [5.74, 6) is -0.529. The number of esters is 1. The summed E-state index contributed by atoms with van der Waals surface area (Å²) in [4.78, 5) is 23.9. The van der Waals surface area contributed by atoms with Crippen molar-refractivity contribution in [2.45, 2.75) is 44.4 Å². The van der Waals surface area contributed by atoms with E-state index in [0.717, 1.165) is 25.5 Å². The van der Waals surface area contributed by atoms with Crippen molar-refractivity contribution in [1.82, 2.24) is 5.32 Å². The normalized spacial score (nSPS) is 20.7. The number of ether oxygens (including phenoxy) is 1. The molecular formula is C18H25NO5S. The van der Waals surface area contributed by atoms with E-state index in [1.54, 1.807) is 12.1 Å². The summed E-state index contributed by atoms with van der Waals surface area (Å²) in [6.07, 6.45) is 5.51. The Morgan fingerprint density at radius 3 is 2.40 bits per heavy atom. The highest BCUT2D eigenvalue weighted by atomic mass is 32.2. The van der Waals surface area contributed by atoms with Gasteiger partial charge in [-0.2, -0.15) is 0 Å². The van der Waals surface area contributed by atoms with Crippen molar-refractivity contribution in [3.8, 4) is 0 Å². The summed E-state index contributed by atoms with van der Waals surface area (Å²) in [6.45, 7) is 1.81. The minimum absolute atomic E-state index is 0.0791. The van der Waals surface area contributed by atoms with Gasteiger partial charge in [-0.15, -0.1) is 0 Å². The molecule has 0 saturated heterocycles. The van der Waals surface area contributed by atoms with E-state index in [9.17, 15) is 18.0 Å². The molecule has 0 heterocycles. The Morgan fingerprint density at radius 1 is 1.16 bits per heavy atom. The number of carbonyl (C=O) groups excluding carboxylic acids is 2. The van der Waals surface area contributed by atoms with Crippen LogP contribution in [0.4, 0.5) is 0 Å². The van der Waals surface area contributed by atoms with Crippen LogP contribution in [0, 0.1) is 5.92 Å². The quantitative estimate of drug-likeness (QED) is 0.778. The molecule has 1 aliphatic carbocycles. The zero-order chi connectivity index (χ0) is 18.4. The van der Waals surface area contributed by atoms with Gasteiger partial charge in [-0.3, -0.25) is 4.79 Å². The monoisotopic (exact) mass is 367 g/mol. The van der Waals surface area contributed by atoms with E-state index in [1.165, 1.54) is 18.6 Å². The van der Waals surface area contributed by atoms with Gasteiger partial charge in [-0.25, -0.2) is 13.2 Å². The SMILES string of the molecule is C[C@@H]1CCCC[C@@H]1NC(=O)COC(=O)c1ccc(CS(C)(=O)=O)cc1. The molecule has 0 aromatic heterocycles. The van der Waals surface area contributed by atoms with E-state index >= 15 is 0 Å². The average Bonchev–Trinajstić information content (AvgIpc) is 2.54. The van der Waals surface area contributed by atoms with Gasteiger partial charge in [0, 0.05) is 12.3 Å². The Morgan fingerprint density at radius 2 is 1.80 bits per heavy atom. The average molecular weight is 367 g/mol. The maximum absolute atomic E-state index is 12.0. The standard InChI is InChI=1S/C18H25NO5S/c1-13-5-3-4-6-16(13)19-17(20)11-24-18(21)15-9-7-14(8-10-15)12-25(2,22)23/h7-10,13,16H,3-6,11-12H2,1-2H3,(H,19,20)/t13-,16+/m1/s1. The molecule has 0 radical (unpaired) electrons. The van der Waals surface area contributed by atoms with Crippen LogP contribution < -0.4 is 5.32 Å². The van der Waals surface area contributed by atoms with Crippen molar-refractivity contribution in [2.75, 3.05) is 12.9 Å². The third-order valence-electron chi connectivity index (χ3n) is 4.41. The lowest BCUT2D eigenvalue weighted by atomic mass is 9.86. The van der Waals surface area contributed by atoms with Gasteiger partial charge in [-0.1, -0.05) is 31.9 Å². The second-order valence-corrected chi connectivity index (χ2v) is 8.92. The Bertz CT molecular complexity index is 711. The minimum atomic E-state index is -3.12. The summed E-state index contributed by atoms with van der Waals surface area (Å²) < 4.78 is 27.5. The first kappa shape index (κ1) is 19.4. The number of sulfone groups is 1. The first-order valence-electron chi connectivity index (χ1n) is 8.48. The van der Waals surface area contributed by atoms with Crippen LogP contribution in [0.15, 0.2) is 24.3 Å². The van der Waals surface area contributed by atoms with Crippen molar-refractivity contribution >= 4 is 21.7 Å². The summed E-state index contributed by atoms with van der Waals surface area (Å²) in [7, 11) is -3.12. The van der Waals surface area contributed by atoms with Crippen molar-refractivity contribution in [2.24, 2.45) is 5.92 Å². The molecule has 6 nitrogen and oxygen atoms in total. The lowest BCUT2D eigenvalue weighted by Crippen LogP contribution is -2.42. The van der Waals surface area contributed by atoms with Crippen molar-refractivity contribution in [3.63, 3.8) is 0 Å². The highest BCUT2D eigenvalue weighted by molar-refractivity contribution is 7.89. The zero-order valence-corrected chi connectivity index (χ0v) is 15.5. The predicted octanol–water partition coefficient (Wildman–Crippen LogP) is 2.08. The minimum Gasteiger partial charge on any atom is -0.452 e. The molecule has 2 rings (SSSR count). The number of hydrogen-bond acceptors (Lipinski definition) is 5. The van der Waals surface area contributed by atoms with E-state index in [4.69, 9.17) is 4.74 Å². The molecular weight excluding hydrogens is 342 g/mol. The van der Waals surface area contributed by atoms with E-state index in [1.807, 2.05) is 0 Å². The van der Waals surface area contributed by atoms with E-state index in [-0.39, 0.29) is 29.9 Å². The van der Waals surface area contributed by atoms with Crippen molar-refractivity contribution in [3.05, 3.63) is 35.4 Å². The van der Waals surface area contributed by atoms with Crippen LogP contribution in [0.2, 0.25) is 0 Å². The molecule has 7 heteroatoms. The number of nitrogens with one attached hydrogen (secondary N) is 1. The van der Waals surface area contributed by atoms with Crippen molar-refractivity contribution in [1.29, 1.82) is 0 Å². The smallest absolute Gasteiger partial charge is 0.338 e. The van der Waals surface area contributed by atoms with Gasteiger partial charge in [0.05, 0.1) is 11.3 Å². The molecule has 1 saturated carbocycles. The van der Waals surface area contributed by atoms with Gasteiger partial charge < -0.3 is 10.1 Å². The van der Waals surface area contributed by atoms with Gasteiger partial charge in [0.1, 0.15) is 0 Å². The summed E-state index contributed by atoms with van der Waals surface area (Å²) >= 11 is 0. The number of rotatable bonds is 6. The number of amides is 1. The highest BCUT2D eigenvalue weighted by Gasteiger charge is 2.23. The number of hydrogen-bond donors (Lipinski definition) is 1. The Kier molecular flexibility index (Phi) is 6.58. The third kappa shape index (κ3) is 6.49. The van der Waals surface area contributed by atoms with Crippen LogP contribution in [0.1, 0.15) is 48.5 Å². The Hall–Kier alpha value is -1.89. The fraction of sp³-hybridized carbons (Fsp3) is 0.556. The lowest BCUT2D eigenvalue weighted by Gasteiger charge is -2.29. The van der Waals surface area contributed by atoms with Gasteiger partial charge in [0.25, 0.3) is 5.91 Å². The molecule has 1 aromatic rings. The van der Waals surface area contributed by atoms with Gasteiger partial charge in [-0.05, 0) is 36.5 Å². The van der Waals surface area contributed by atoms with Crippen LogP contribution in [0.3, 0.4) is 0 Å². The largest absolute Gasteiger partial charge is 0.452 e. The fourth-order valence-corrected chi connectivity index (χ4v) is 3.83. The molecule has 1 aromatic carbocycles. The number of carbonyl (C=O) groups is 2. The van der Waals surface area contributed by atoms with Gasteiger partial charge in [0.2, 0.25) is 0 Å². The fourth-order valence-electron chi connectivity index (χ4n) is 3.03. The molecule has 25 heavy (non-hydrogen) atoms. The van der Waals surface area contributed by atoms with Gasteiger partial charge >= 0.3 is 5.97 Å². The predicted molar refractivity (Wildman–Crippen MR) is 94.8 cm³/mol. The Labute approximate surface area is 148 Å². The summed E-state index contributed by atoms with van der Waals surface area (Å²) in [5, 5.41) is 2.93. The molecule has 1 N–H and O–H groups in total. The second-order valence-electron chi connectivity index (χ2n) is 6.78. The molecule has 2 atom stereocenters. The van der Waals surface area contributed by atoms with Crippen molar-refractivity contribution < 1.29 is 22.7 Å². The topological polar surface area (TPSA) is 89.5 Å². The van der Waals surface area contributed by atoms with Crippen LogP contribution in [0.5, 0.6) is 0 Å². The third-order valence-corrected chi connectivity index (χ3v) is 5.27. The first-order valence-corrected chi connectivity index (χ1v) is 10.5. The van der Waals surface area contributed by atoms with Crippen LogP contribution in [-0.4, -0.2) is 39.2 Å². The molecule has 1 amide bonds. The number of benzene rings is 1. The molecule has 1 aliphatic rings.